The summed E-state index contributed by atoms with van der Waals surface area (Å²) >= 11 is 0. The van der Waals surface area contributed by atoms with Crippen molar-refractivity contribution in [1.29, 1.82) is 0 Å². The number of aryl methyl sites for hydroxylation is 2. The van der Waals surface area contributed by atoms with E-state index in [1.165, 1.54) is 0 Å². The van der Waals surface area contributed by atoms with Gasteiger partial charge in [-0.2, -0.15) is 0 Å². The van der Waals surface area contributed by atoms with E-state index in [0.29, 0.717) is 17.1 Å². The number of nitrogens with zero attached hydrogens (tertiary/aromatic N) is 1. The number of amides is 1. The monoisotopic (exact) mass is 336 g/mol. The van der Waals surface area contributed by atoms with Gasteiger partial charge in [0.25, 0.3) is 0 Å². The highest BCUT2D eigenvalue weighted by Gasteiger charge is 2.19. The molecule has 0 saturated carbocycles. The SMILES string of the molecule is Cc1ccccc1C(C)OC(=O)Nc1c(-c2ccccc2)noc1C. The van der Waals surface area contributed by atoms with Crippen molar-refractivity contribution >= 4 is 11.8 Å². The topological polar surface area (TPSA) is 64.4 Å². The van der Waals surface area contributed by atoms with Crippen LogP contribution in [0.3, 0.4) is 0 Å². The summed E-state index contributed by atoms with van der Waals surface area (Å²) in [5.74, 6) is 0.527. The van der Waals surface area contributed by atoms with Crippen molar-refractivity contribution in [2.75, 3.05) is 5.32 Å². The Morgan fingerprint density at radius 3 is 2.48 bits per heavy atom. The molecule has 2 aromatic carbocycles. The Bertz CT molecular complexity index is 872. The molecule has 1 N–H and O–H groups in total. The fraction of sp³-hybridized carbons (Fsp3) is 0.200. The Balaban J connectivity index is 1.76. The van der Waals surface area contributed by atoms with Gasteiger partial charge in [0.05, 0.1) is 0 Å². The Morgan fingerprint density at radius 2 is 1.76 bits per heavy atom. The summed E-state index contributed by atoms with van der Waals surface area (Å²) in [5, 5.41) is 6.81. The van der Waals surface area contributed by atoms with Crippen molar-refractivity contribution in [3.8, 4) is 11.3 Å². The molecule has 0 bridgehead atoms. The van der Waals surface area contributed by atoms with Crippen LogP contribution in [0.15, 0.2) is 59.1 Å². The third-order valence-corrected chi connectivity index (χ3v) is 4.05. The maximum Gasteiger partial charge on any atom is 0.412 e. The molecular weight excluding hydrogens is 316 g/mol. The van der Waals surface area contributed by atoms with Crippen LogP contribution in [0.1, 0.15) is 29.9 Å². The van der Waals surface area contributed by atoms with Gasteiger partial charge in [0.2, 0.25) is 0 Å². The van der Waals surface area contributed by atoms with E-state index in [2.05, 4.69) is 10.5 Å². The van der Waals surface area contributed by atoms with Gasteiger partial charge in [0.15, 0.2) is 5.76 Å². The largest absolute Gasteiger partial charge is 0.441 e. The number of aromatic nitrogens is 1. The van der Waals surface area contributed by atoms with Gasteiger partial charge in [-0.3, -0.25) is 5.32 Å². The average molecular weight is 336 g/mol. The minimum absolute atomic E-state index is 0.360. The van der Waals surface area contributed by atoms with Crippen LogP contribution in [0.2, 0.25) is 0 Å². The van der Waals surface area contributed by atoms with Crippen molar-refractivity contribution in [2.45, 2.75) is 26.9 Å². The van der Waals surface area contributed by atoms with Crippen LogP contribution in [-0.4, -0.2) is 11.2 Å². The van der Waals surface area contributed by atoms with E-state index < -0.39 is 6.09 Å². The van der Waals surface area contributed by atoms with E-state index in [0.717, 1.165) is 16.7 Å². The van der Waals surface area contributed by atoms with E-state index in [4.69, 9.17) is 9.26 Å². The highest BCUT2D eigenvalue weighted by molar-refractivity contribution is 5.91. The van der Waals surface area contributed by atoms with Gasteiger partial charge < -0.3 is 9.26 Å². The van der Waals surface area contributed by atoms with Crippen molar-refractivity contribution < 1.29 is 14.1 Å². The minimum atomic E-state index is -0.542. The summed E-state index contributed by atoms with van der Waals surface area (Å²) in [4.78, 5) is 12.3. The van der Waals surface area contributed by atoms with E-state index in [-0.39, 0.29) is 6.10 Å². The zero-order valence-electron chi connectivity index (χ0n) is 14.4. The standard InChI is InChI=1S/C20H20N2O3/c1-13-9-7-8-12-17(13)14(2)24-20(23)21-18-15(3)25-22-19(18)16-10-5-4-6-11-16/h4-12,14H,1-3H3,(H,21,23). The molecule has 1 atom stereocenters. The zero-order chi connectivity index (χ0) is 17.8. The molecular formula is C20H20N2O3. The summed E-state index contributed by atoms with van der Waals surface area (Å²) in [6.07, 6.45) is -0.902. The third-order valence-electron chi connectivity index (χ3n) is 4.05. The maximum atomic E-state index is 12.3. The fourth-order valence-corrected chi connectivity index (χ4v) is 2.71. The van der Waals surface area contributed by atoms with Gasteiger partial charge in [0, 0.05) is 5.56 Å². The van der Waals surface area contributed by atoms with Gasteiger partial charge in [-0.1, -0.05) is 59.8 Å². The number of anilines is 1. The van der Waals surface area contributed by atoms with Gasteiger partial charge in [-0.25, -0.2) is 4.79 Å². The zero-order valence-corrected chi connectivity index (χ0v) is 14.4. The molecule has 0 aliphatic rings. The van der Waals surface area contributed by atoms with Crippen molar-refractivity contribution in [3.05, 3.63) is 71.5 Å². The second kappa shape index (κ2) is 7.21. The number of hydrogen-bond donors (Lipinski definition) is 1. The van der Waals surface area contributed by atoms with Crippen molar-refractivity contribution in [2.24, 2.45) is 0 Å². The molecule has 5 heteroatoms. The fourth-order valence-electron chi connectivity index (χ4n) is 2.71. The summed E-state index contributed by atoms with van der Waals surface area (Å²) in [7, 11) is 0. The Morgan fingerprint density at radius 1 is 1.08 bits per heavy atom. The van der Waals surface area contributed by atoms with Gasteiger partial charge in [-0.05, 0) is 31.9 Å². The van der Waals surface area contributed by atoms with E-state index in [9.17, 15) is 4.79 Å². The first-order valence-electron chi connectivity index (χ1n) is 8.11. The molecule has 0 aliphatic carbocycles. The second-order valence-corrected chi connectivity index (χ2v) is 5.86. The molecule has 3 rings (SSSR count). The predicted molar refractivity (Wildman–Crippen MR) is 96.4 cm³/mol. The molecule has 0 saturated heterocycles. The molecule has 0 spiro atoms. The van der Waals surface area contributed by atoms with Crippen LogP contribution >= 0.6 is 0 Å². The number of nitrogens with one attached hydrogen (secondary N) is 1. The highest BCUT2D eigenvalue weighted by Crippen LogP contribution is 2.30. The first-order valence-corrected chi connectivity index (χ1v) is 8.11. The lowest BCUT2D eigenvalue weighted by atomic mass is 10.1. The van der Waals surface area contributed by atoms with Crippen LogP contribution in [0, 0.1) is 13.8 Å². The van der Waals surface area contributed by atoms with Crippen LogP contribution in [0.25, 0.3) is 11.3 Å². The molecule has 0 aliphatic heterocycles. The van der Waals surface area contributed by atoms with Crippen molar-refractivity contribution in [1.82, 2.24) is 5.16 Å². The first kappa shape index (κ1) is 16.8. The molecule has 1 unspecified atom stereocenters. The molecule has 5 nitrogen and oxygen atoms in total. The molecule has 0 fully saturated rings. The molecule has 3 aromatic rings. The molecule has 1 amide bonds. The number of ether oxygens (including phenoxy) is 1. The summed E-state index contributed by atoms with van der Waals surface area (Å²) in [6.45, 7) is 5.59. The third kappa shape index (κ3) is 3.71. The van der Waals surface area contributed by atoms with Gasteiger partial charge >= 0.3 is 6.09 Å². The number of benzene rings is 2. The quantitative estimate of drug-likeness (QED) is 0.705. The second-order valence-electron chi connectivity index (χ2n) is 5.86. The lowest BCUT2D eigenvalue weighted by Gasteiger charge is -2.16. The lowest BCUT2D eigenvalue weighted by Crippen LogP contribution is -2.17. The Labute approximate surface area is 146 Å². The van der Waals surface area contributed by atoms with E-state index >= 15 is 0 Å². The molecule has 25 heavy (non-hydrogen) atoms. The Kier molecular flexibility index (Phi) is 4.84. The average Bonchev–Trinajstić information content (AvgIpc) is 2.96. The molecule has 0 radical (unpaired) electrons. The summed E-state index contributed by atoms with van der Waals surface area (Å²) < 4.78 is 10.8. The van der Waals surface area contributed by atoms with Crippen LogP contribution < -0.4 is 5.32 Å². The van der Waals surface area contributed by atoms with E-state index in [1.807, 2.05) is 68.4 Å². The smallest absolute Gasteiger partial charge is 0.412 e. The number of carbonyl (C=O) groups excluding carboxylic acids is 1. The number of carbonyl (C=O) groups is 1. The predicted octanol–water partition coefficient (Wildman–Crippen LogP) is 5.27. The minimum Gasteiger partial charge on any atom is -0.441 e. The molecule has 1 heterocycles. The number of hydrogen-bond acceptors (Lipinski definition) is 4. The maximum absolute atomic E-state index is 12.3. The Hall–Kier alpha value is -3.08. The normalized spacial score (nSPS) is 11.8. The number of rotatable bonds is 4. The summed E-state index contributed by atoms with van der Waals surface area (Å²) in [5.41, 5.74) is 4.02. The van der Waals surface area contributed by atoms with Gasteiger partial charge in [0.1, 0.15) is 17.5 Å². The summed E-state index contributed by atoms with van der Waals surface area (Å²) in [6, 6.07) is 17.4. The van der Waals surface area contributed by atoms with Crippen LogP contribution in [0.5, 0.6) is 0 Å². The highest BCUT2D eigenvalue weighted by atomic mass is 16.6. The van der Waals surface area contributed by atoms with Crippen LogP contribution in [0.4, 0.5) is 10.5 Å². The van der Waals surface area contributed by atoms with Gasteiger partial charge in [-0.15, -0.1) is 0 Å². The lowest BCUT2D eigenvalue weighted by molar-refractivity contribution is 0.121. The van der Waals surface area contributed by atoms with Crippen molar-refractivity contribution in [3.63, 3.8) is 0 Å². The molecule has 128 valence electrons. The molecule has 1 aromatic heterocycles. The van der Waals surface area contributed by atoms with E-state index in [1.54, 1.807) is 6.92 Å². The first-order chi connectivity index (χ1) is 12.1. The van der Waals surface area contributed by atoms with Crippen LogP contribution in [-0.2, 0) is 4.74 Å².